The molecular weight excluding hydrogens is 415 g/mol. The van der Waals surface area contributed by atoms with E-state index in [1.54, 1.807) is 13.8 Å². The Morgan fingerprint density at radius 3 is 2.28 bits per heavy atom. The van der Waals surface area contributed by atoms with Gasteiger partial charge in [-0.1, -0.05) is 39.0 Å². The Balaban J connectivity index is 0.000000322. The lowest BCUT2D eigenvalue weighted by molar-refractivity contribution is 0.103. The number of nitrogen functional groups attached to an aromatic ring is 1. The molecule has 1 heterocycles. The number of halogens is 1. The first-order valence-electron chi connectivity index (χ1n) is 10.6. The van der Waals surface area contributed by atoms with Crippen LogP contribution in [-0.4, -0.2) is 35.6 Å². The van der Waals surface area contributed by atoms with E-state index in [4.69, 9.17) is 10.5 Å². The van der Waals surface area contributed by atoms with Crippen LogP contribution in [0.25, 0.3) is 0 Å². The number of amides is 1. The van der Waals surface area contributed by atoms with Crippen molar-refractivity contribution in [2.75, 3.05) is 19.5 Å². The second-order valence-corrected chi connectivity index (χ2v) is 7.39. The molecule has 1 aliphatic carbocycles. The minimum atomic E-state index is -0.711. The van der Waals surface area contributed by atoms with Crippen molar-refractivity contribution >= 4 is 17.7 Å². The number of rotatable bonds is 4. The second-order valence-electron chi connectivity index (χ2n) is 7.39. The molecule has 1 amide bonds. The predicted molar refractivity (Wildman–Crippen MR) is 121 cm³/mol. The molecule has 0 atom stereocenters. The third-order valence-electron chi connectivity index (χ3n) is 4.77. The number of nitrogens with zero attached hydrogens (tertiary/aromatic N) is 2. The smallest absolute Gasteiger partial charge is 0.404 e. The number of aryl methyl sites for hydroxylation is 1. The van der Waals surface area contributed by atoms with E-state index in [1.165, 1.54) is 57.5 Å². The van der Waals surface area contributed by atoms with E-state index in [0.717, 1.165) is 12.0 Å². The molecule has 1 fully saturated rings. The maximum Gasteiger partial charge on any atom is 0.404 e. The Kier molecular flexibility index (Phi) is 11.7. The van der Waals surface area contributed by atoms with Crippen molar-refractivity contribution in [3.05, 3.63) is 47.2 Å². The molecule has 9 heteroatoms. The lowest BCUT2D eigenvalue weighted by atomic mass is 9.91. The predicted octanol–water partition coefficient (Wildman–Crippen LogP) is 4.43. The molecule has 0 radical (unpaired) electrons. The summed E-state index contributed by atoms with van der Waals surface area (Å²) in [6, 6.07) is 3.69. The van der Waals surface area contributed by atoms with Crippen LogP contribution >= 0.6 is 0 Å². The zero-order chi connectivity index (χ0) is 24.1. The van der Waals surface area contributed by atoms with E-state index in [9.17, 15) is 14.0 Å². The monoisotopic (exact) mass is 448 g/mol. The van der Waals surface area contributed by atoms with Gasteiger partial charge in [0.25, 0.3) is 0 Å². The molecule has 32 heavy (non-hydrogen) atoms. The summed E-state index contributed by atoms with van der Waals surface area (Å²) in [5, 5.41) is 0. The van der Waals surface area contributed by atoms with Crippen molar-refractivity contribution in [1.82, 2.24) is 9.97 Å². The molecule has 3 rings (SSSR count). The molecule has 0 bridgehead atoms. The van der Waals surface area contributed by atoms with Gasteiger partial charge in [0, 0.05) is 6.20 Å². The van der Waals surface area contributed by atoms with E-state index in [-0.39, 0.29) is 22.7 Å². The number of carbonyl (C=O) groups is 2. The van der Waals surface area contributed by atoms with Gasteiger partial charge in [0.1, 0.15) is 23.2 Å². The summed E-state index contributed by atoms with van der Waals surface area (Å²) in [7, 11) is 1.40. The number of methoxy groups -OCH3 is 1. The number of aromatic nitrogens is 2. The topological polar surface area (TPSA) is 130 Å². The maximum atomic E-state index is 13.3. The van der Waals surface area contributed by atoms with Crippen LogP contribution in [0.15, 0.2) is 24.4 Å². The number of ketones is 1. The van der Waals surface area contributed by atoms with Gasteiger partial charge in [-0.25, -0.2) is 19.2 Å². The van der Waals surface area contributed by atoms with Gasteiger partial charge in [-0.15, -0.1) is 0 Å². The Hall–Kier alpha value is -3.23. The number of ether oxygens (including phenoxy) is 2. The van der Waals surface area contributed by atoms with E-state index in [1.807, 2.05) is 0 Å². The number of hydrogen-bond donors (Lipinski definition) is 2. The second kappa shape index (κ2) is 14.0. The number of primary amides is 1. The van der Waals surface area contributed by atoms with Gasteiger partial charge in [-0.05, 0) is 38.0 Å². The summed E-state index contributed by atoms with van der Waals surface area (Å²) >= 11 is 0. The van der Waals surface area contributed by atoms with Crippen LogP contribution in [-0.2, 0) is 4.74 Å². The molecule has 0 saturated heterocycles. The molecular formula is C23H33FN4O4. The third kappa shape index (κ3) is 9.28. The minimum Gasteiger partial charge on any atom is -0.496 e. The Bertz CT molecular complexity index is 886. The number of hydrogen-bond acceptors (Lipinski definition) is 7. The summed E-state index contributed by atoms with van der Waals surface area (Å²) in [6.07, 6.45) is 8.05. The fraction of sp³-hybridized carbons (Fsp3) is 0.478. The van der Waals surface area contributed by atoms with Crippen LogP contribution in [0.3, 0.4) is 0 Å². The quantitative estimate of drug-likeness (QED) is 0.661. The van der Waals surface area contributed by atoms with Crippen molar-refractivity contribution in [3.63, 3.8) is 0 Å². The van der Waals surface area contributed by atoms with Gasteiger partial charge in [0.05, 0.1) is 24.8 Å². The SMILES string of the molecule is CC1CCCCC1.CCOC(N)=O.COc1ccc(F)cc1C(=O)c1cnc(C)nc1N. The van der Waals surface area contributed by atoms with Gasteiger partial charge in [-0.3, -0.25) is 4.79 Å². The first kappa shape index (κ1) is 26.8. The largest absolute Gasteiger partial charge is 0.496 e. The summed E-state index contributed by atoms with van der Waals surface area (Å²) < 4.78 is 22.5. The van der Waals surface area contributed by atoms with Gasteiger partial charge in [0.15, 0.2) is 0 Å². The van der Waals surface area contributed by atoms with E-state index in [0.29, 0.717) is 12.4 Å². The fourth-order valence-corrected chi connectivity index (χ4v) is 3.11. The molecule has 1 aromatic carbocycles. The molecule has 0 unspecified atom stereocenters. The summed E-state index contributed by atoms with van der Waals surface area (Å²) in [5.74, 6) is 0.814. The zero-order valence-electron chi connectivity index (χ0n) is 19.2. The van der Waals surface area contributed by atoms with Crippen molar-refractivity contribution in [2.45, 2.75) is 52.9 Å². The number of anilines is 1. The molecule has 0 spiro atoms. The highest BCUT2D eigenvalue weighted by Crippen LogP contribution is 2.24. The van der Waals surface area contributed by atoms with Crippen LogP contribution < -0.4 is 16.2 Å². The van der Waals surface area contributed by atoms with Crippen molar-refractivity contribution in [1.29, 1.82) is 0 Å². The standard InChI is InChI=1S/C13H12FN3O2.C7H14.C3H7NO2/c1-7-16-6-10(13(15)17-7)12(18)9-5-8(14)3-4-11(9)19-2;1-7-5-3-2-4-6-7;1-2-6-3(4)5/h3-6H,1-2H3,(H2,15,16,17);7H,2-6H2,1H3;2H2,1H3,(H2,4,5). The van der Waals surface area contributed by atoms with E-state index < -0.39 is 17.7 Å². The number of carbonyl (C=O) groups excluding carboxylic acids is 2. The Morgan fingerprint density at radius 1 is 1.19 bits per heavy atom. The average Bonchev–Trinajstić information content (AvgIpc) is 2.74. The average molecular weight is 449 g/mol. The van der Waals surface area contributed by atoms with Crippen molar-refractivity contribution < 1.29 is 23.5 Å². The van der Waals surface area contributed by atoms with Crippen LogP contribution in [0.5, 0.6) is 5.75 Å². The van der Waals surface area contributed by atoms with Gasteiger partial charge in [-0.2, -0.15) is 0 Å². The van der Waals surface area contributed by atoms with Gasteiger partial charge < -0.3 is 20.9 Å². The third-order valence-corrected chi connectivity index (χ3v) is 4.77. The van der Waals surface area contributed by atoms with Crippen molar-refractivity contribution in [3.8, 4) is 5.75 Å². The highest BCUT2D eigenvalue weighted by molar-refractivity contribution is 6.13. The van der Waals surface area contributed by atoms with E-state index in [2.05, 4.69) is 27.4 Å². The van der Waals surface area contributed by atoms with Crippen LogP contribution in [0.1, 0.15) is 67.7 Å². The molecule has 2 aromatic rings. The van der Waals surface area contributed by atoms with E-state index >= 15 is 0 Å². The lowest BCUT2D eigenvalue weighted by Crippen LogP contribution is -2.11. The molecule has 176 valence electrons. The summed E-state index contributed by atoms with van der Waals surface area (Å²) in [6.45, 7) is 6.08. The Morgan fingerprint density at radius 2 is 1.84 bits per heavy atom. The molecule has 4 N–H and O–H groups in total. The Labute approximate surface area is 188 Å². The summed E-state index contributed by atoms with van der Waals surface area (Å²) in [4.78, 5) is 29.7. The minimum absolute atomic E-state index is 0.0591. The first-order valence-corrected chi connectivity index (χ1v) is 10.6. The molecule has 8 nitrogen and oxygen atoms in total. The lowest BCUT2D eigenvalue weighted by Gasteiger charge is -2.15. The van der Waals surface area contributed by atoms with Crippen LogP contribution in [0.4, 0.5) is 15.0 Å². The molecule has 0 aliphatic heterocycles. The van der Waals surface area contributed by atoms with Crippen LogP contribution in [0.2, 0.25) is 0 Å². The van der Waals surface area contributed by atoms with Gasteiger partial charge >= 0.3 is 6.09 Å². The molecule has 1 aromatic heterocycles. The highest BCUT2D eigenvalue weighted by Gasteiger charge is 2.19. The fourth-order valence-electron chi connectivity index (χ4n) is 3.11. The molecule has 1 saturated carbocycles. The molecule has 1 aliphatic rings. The zero-order valence-corrected chi connectivity index (χ0v) is 19.2. The maximum absolute atomic E-state index is 13.3. The number of benzene rings is 1. The van der Waals surface area contributed by atoms with Crippen LogP contribution in [0, 0.1) is 18.7 Å². The normalized spacial score (nSPS) is 13.0. The number of nitrogens with two attached hydrogens (primary N) is 2. The van der Waals surface area contributed by atoms with Gasteiger partial charge in [0.2, 0.25) is 5.78 Å². The summed E-state index contributed by atoms with van der Waals surface area (Å²) in [5.41, 5.74) is 10.4. The highest BCUT2D eigenvalue weighted by atomic mass is 19.1. The first-order chi connectivity index (χ1) is 15.2. The van der Waals surface area contributed by atoms with Crippen molar-refractivity contribution in [2.24, 2.45) is 11.7 Å².